The summed E-state index contributed by atoms with van der Waals surface area (Å²) < 4.78 is 31.8. The summed E-state index contributed by atoms with van der Waals surface area (Å²) in [5, 5.41) is 8.29. The van der Waals surface area contributed by atoms with Crippen molar-refractivity contribution >= 4 is 33.3 Å². The standard InChI is InChI=1S/C28H20FN3O5S/c1-2-35-22-12-17(8-10-21(22)36-14-16-6-4-3-5-7-16)24-23-25(33)19-13-18(29)9-11-20(19)37-26(23)27(34)32(24)28-31-30-15-38-28/h3-13,15,24H,2,14H2,1H3. The Morgan fingerprint density at radius 3 is 2.63 bits per heavy atom. The first kappa shape index (κ1) is 23.8. The van der Waals surface area contributed by atoms with E-state index in [-0.39, 0.29) is 22.3 Å². The van der Waals surface area contributed by atoms with E-state index in [1.54, 1.807) is 18.2 Å². The molecule has 5 aromatic rings. The van der Waals surface area contributed by atoms with Crippen molar-refractivity contribution in [3.8, 4) is 11.5 Å². The summed E-state index contributed by atoms with van der Waals surface area (Å²) in [7, 11) is 0. The van der Waals surface area contributed by atoms with Gasteiger partial charge in [-0.25, -0.2) is 4.39 Å². The minimum atomic E-state index is -0.892. The molecule has 8 nitrogen and oxygen atoms in total. The number of benzene rings is 3. The number of fused-ring (bicyclic) bond motifs is 2. The van der Waals surface area contributed by atoms with Gasteiger partial charge in [0.05, 0.1) is 23.6 Å². The van der Waals surface area contributed by atoms with Crippen molar-refractivity contribution < 1.29 is 23.1 Å². The zero-order chi connectivity index (χ0) is 26.2. The van der Waals surface area contributed by atoms with Gasteiger partial charge in [0.2, 0.25) is 10.9 Å². The molecule has 38 heavy (non-hydrogen) atoms. The maximum atomic E-state index is 14.0. The van der Waals surface area contributed by atoms with Gasteiger partial charge in [-0.3, -0.25) is 14.5 Å². The third-order valence-electron chi connectivity index (χ3n) is 6.21. The molecule has 1 amide bonds. The van der Waals surface area contributed by atoms with Gasteiger partial charge in [-0.05, 0) is 48.4 Å². The highest BCUT2D eigenvalue weighted by atomic mass is 32.1. The lowest BCUT2D eigenvalue weighted by atomic mass is 9.98. The molecule has 0 saturated carbocycles. The average molecular weight is 530 g/mol. The highest BCUT2D eigenvalue weighted by Crippen LogP contribution is 2.43. The van der Waals surface area contributed by atoms with E-state index >= 15 is 0 Å². The molecule has 190 valence electrons. The number of hydrogen-bond donors (Lipinski definition) is 0. The number of carbonyl (C=O) groups excluding carboxylic acids is 1. The van der Waals surface area contributed by atoms with Crippen LogP contribution in [-0.4, -0.2) is 22.7 Å². The summed E-state index contributed by atoms with van der Waals surface area (Å²) in [6.07, 6.45) is 0. The molecule has 1 atom stereocenters. The van der Waals surface area contributed by atoms with Gasteiger partial charge in [-0.1, -0.05) is 47.7 Å². The van der Waals surface area contributed by atoms with Gasteiger partial charge in [0.25, 0.3) is 5.91 Å². The van der Waals surface area contributed by atoms with Gasteiger partial charge in [-0.2, -0.15) is 0 Å². The van der Waals surface area contributed by atoms with E-state index in [1.165, 1.54) is 22.5 Å². The minimum Gasteiger partial charge on any atom is -0.490 e. The molecular weight excluding hydrogens is 509 g/mol. The number of carbonyl (C=O) groups is 1. The van der Waals surface area contributed by atoms with Crippen LogP contribution in [0.1, 0.15) is 40.2 Å². The third-order valence-corrected chi connectivity index (χ3v) is 6.90. The van der Waals surface area contributed by atoms with Crippen molar-refractivity contribution in [1.29, 1.82) is 0 Å². The zero-order valence-corrected chi connectivity index (χ0v) is 20.9. The molecule has 0 saturated heterocycles. The van der Waals surface area contributed by atoms with Crippen molar-refractivity contribution in [2.24, 2.45) is 0 Å². The van der Waals surface area contributed by atoms with Crippen LogP contribution in [0, 0.1) is 5.82 Å². The number of amides is 1. The first-order valence-electron chi connectivity index (χ1n) is 11.8. The quantitative estimate of drug-likeness (QED) is 0.274. The third kappa shape index (κ3) is 4.08. The summed E-state index contributed by atoms with van der Waals surface area (Å²) in [5.74, 6) is -0.261. The van der Waals surface area contributed by atoms with Gasteiger partial charge in [0.1, 0.15) is 23.5 Å². The second-order valence-electron chi connectivity index (χ2n) is 8.53. The Morgan fingerprint density at radius 1 is 1.03 bits per heavy atom. The lowest BCUT2D eigenvalue weighted by Crippen LogP contribution is -2.29. The normalized spacial score (nSPS) is 14.6. The van der Waals surface area contributed by atoms with Crippen LogP contribution in [0.4, 0.5) is 9.52 Å². The molecule has 0 radical (unpaired) electrons. The number of anilines is 1. The summed E-state index contributed by atoms with van der Waals surface area (Å²) in [6.45, 7) is 2.56. The number of halogens is 1. The second kappa shape index (κ2) is 9.71. The van der Waals surface area contributed by atoms with E-state index in [2.05, 4.69) is 10.2 Å². The number of aromatic nitrogens is 2. The van der Waals surface area contributed by atoms with E-state index in [0.717, 1.165) is 23.0 Å². The Bertz CT molecular complexity index is 1710. The van der Waals surface area contributed by atoms with E-state index < -0.39 is 23.2 Å². The van der Waals surface area contributed by atoms with Crippen LogP contribution >= 0.6 is 11.3 Å². The molecule has 3 heterocycles. The molecule has 1 unspecified atom stereocenters. The first-order chi connectivity index (χ1) is 18.5. The summed E-state index contributed by atoms with van der Waals surface area (Å²) in [6, 6.07) is 17.7. The Hall–Kier alpha value is -4.57. The van der Waals surface area contributed by atoms with Gasteiger partial charge < -0.3 is 13.9 Å². The molecule has 3 aromatic carbocycles. The minimum absolute atomic E-state index is 0.0495. The van der Waals surface area contributed by atoms with Crippen molar-refractivity contribution in [3.05, 3.63) is 111 Å². The van der Waals surface area contributed by atoms with Crippen LogP contribution in [0.3, 0.4) is 0 Å². The lowest BCUT2D eigenvalue weighted by Gasteiger charge is -2.23. The van der Waals surface area contributed by atoms with Gasteiger partial charge in [0, 0.05) is 0 Å². The molecule has 0 N–H and O–H groups in total. The molecule has 0 bridgehead atoms. The van der Waals surface area contributed by atoms with Crippen LogP contribution in [0.25, 0.3) is 11.0 Å². The Labute approximate surface area is 219 Å². The van der Waals surface area contributed by atoms with Crippen LogP contribution in [0.2, 0.25) is 0 Å². The molecular formula is C28H20FN3O5S. The number of nitrogens with zero attached hydrogens (tertiary/aromatic N) is 3. The van der Waals surface area contributed by atoms with Gasteiger partial charge >= 0.3 is 0 Å². The van der Waals surface area contributed by atoms with E-state index in [1.807, 2.05) is 37.3 Å². The number of ether oxygens (including phenoxy) is 2. The number of rotatable bonds is 7. The predicted molar refractivity (Wildman–Crippen MR) is 139 cm³/mol. The Balaban J connectivity index is 1.49. The molecule has 1 aliphatic heterocycles. The maximum Gasteiger partial charge on any atom is 0.297 e. The van der Waals surface area contributed by atoms with Crippen LogP contribution in [0.5, 0.6) is 11.5 Å². The molecule has 2 aromatic heterocycles. The van der Waals surface area contributed by atoms with Crippen LogP contribution < -0.4 is 19.8 Å². The summed E-state index contributed by atoms with van der Waals surface area (Å²) >= 11 is 1.15. The van der Waals surface area contributed by atoms with Crippen molar-refractivity contribution in [2.45, 2.75) is 19.6 Å². The molecule has 0 fully saturated rings. The van der Waals surface area contributed by atoms with Crippen molar-refractivity contribution in [1.82, 2.24) is 10.2 Å². The fourth-order valence-corrected chi connectivity index (χ4v) is 5.13. The molecule has 1 aliphatic rings. The van der Waals surface area contributed by atoms with Gasteiger partial charge in [0.15, 0.2) is 16.9 Å². The van der Waals surface area contributed by atoms with Crippen LogP contribution in [0.15, 0.2) is 81.5 Å². The highest BCUT2D eigenvalue weighted by molar-refractivity contribution is 7.13. The fourth-order valence-electron chi connectivity index (χ4n) is 4.55. The van der Waals surface area contributed by atoms with Crippen molar-refractivity contribution in [3.63, 3.8) is 0 Å². The van der Waals surface area contributed by atoms with E-state index in [0.29, 0.717) is 35.4 Å². The Morgan fingerprint density at radius 2 is 1.87 bits per heavy atom. The van der Waals surface area contributed by atoms with Crippen LogP contribution in [-0.2, 0) is 6.61 Å². The van der Waals surface area contributed by atoms with Crippen molar-refractivity contribution in [2.75, 3.05) is 11.5 Å². The monoisotopic (exact) mass is 529 g/mol. The molecule has 10 heteroatoms. The van der Waals surface area contributed by atoms with Gasteiger partial charge in [-0.15, -0.1) is 10.2 Å². The Kier molecular flexibility index (Phi) is 6.09. The molecule has 0 aliphatic carbocycles. The highest BCUT2D eigenvalue weighted by Gasteiger charge is 2.45. The summed E-state index contributed by atoms with van der Waals surface area (Å²) in [5.41, 5.74) is 2.80. The molecule has 0 spiro atoms. The fraction of sp³-hybridized carbons (Fsp3) is 0.143. The topological polar surface area (TPSA) is 94.8 Å². The predicted octanol–water partition coefficient (Wildman–Crippen LogP) is 5.51. The first-order valence-corrected chi connectivity index (χ1v) is 12.7. The zero-order valence-electron chi connectivity index (χ0n) is 20.1. The second-order valence-corrected chi connectivity index (χ2v) is 9.34. The van der Waals surface area contributed by atoms with E-state index in [9.17, 15) is 14.0 Å². The largest absolute Gasteiger partial charge is 0.490 e. The average Bonchev–Trinajstić information content (AvgIpc) is 3.56. The van der Waals surface area contributed by atoms with E-state index in [4.69, 9.17) is 13.9 Å². The SMILES string of the molecule is CCOc1cc(C2c3c(oc4ccc(F)cc4c3=O)C(=O)N2c2nncs2)ccc1OCc1ccccc1. The summed E-state index contributed by atoms with van der Waals surface area (Å²) in [4.78, 5) is 28.6. The smallest absolute Gasteiger partial charge is 0.297 e. The number of hydrogen-bond acceptors (Lipinski definition) is 8. The molecule has 6 rings (SSSR count). The maximum absolute atomic E-state index is 14.0. The lowest BCUT2D eigenvalue weighted by molar-refractivity contribution is 0.0970.